The van der Waals surface area contributed by atoms with E-state index in [-0.39, 0.29) is 17.9 Å². The Morgan fingerprint density at radius 1 is 1.15 bits per heavy atom. The zero-order valence-corrected chi connectivity index (χ0v) is 15.4. The average Bonchev–Trinajstić information content (AvgIpc) is 2.90. The number of carbonyl (C=O) groups is 2. The van der Waals surface area contributed by atoms with Crippen molar-refractivity contribution >= 4 is 11.8 Å². The molecule has 3 heterocycles. The summed E-state index contributed by atoms with van der Waals surface area (Å²) in [7, 11) is 0. The fourth-order valence-corrected chi connectivity index (χ4v) is 3.62. The lowest BCUT2D eigenvalue weighted by atomic mass is 10.1. The number of ether oxygens (including phenoxy) is 1. The Morgan fingerprint density at radius 2 is 2.00 bits per heavy atom. The molecule has 0 bridgehead atoms. The topological polar surface area (TPSA) is 62.7 Å². The predicted molar refractivity (Wildman–Crippen MR) is 98.3 cm³/mol. The van der Waals surface area contributed by atoms with E-state index in [1.165, 1.54) is 0 Å². The van der Waals surface area contributed by atoms with Crippen LogP contribution in [0.1, 0.15) is 50.6 Å². The van der Waals surface area contributed by atoms with Crippen LogP contribution in [0.15, 0.2) is 24.4 Å². The summed E-state index contributed by atoms with van der Waals surface area (Å²) in [6.45, 7) is 3.36. The second-order valence-corrected chi connectivity index (χ2v) is 7.15. The van der Waals surface area contributed by atoms with Gasteiger partial charge in [0.05, 0.1) is 18.4 Å². The number of piperidine rings is 1. The molecule has 2 aliphatic heterocycles. The van der Waals surface area contributed by atoms with Crippen LogP contribution in [0.25, 0.3) is 0 Å². The molecule has 142 valence electrons. The maximum atomic E-state index is 12.5. The van der Waals surface area contributed by atoms with Crippen molar-refractivity contribution in [3.05, 3.63) is 30.1 Å². The predicted octanol–water partition coefficient (Wildman–Crippen LogP) is 2.38. The van der Waals surface area contributed by atoms with Crippen molar-refractivity contribution in [1.82, 2.24) is 14.8 Å². The van der Waals surface area contributed by atoms with Crippen molar-refractivity contribution in [2.45, 2.75) is 57.7 Å². The molecule has 26 heavy (non-hydrogen) atoms. The summed E-state index contributed by atoms with van der Waals surface area (Å²) in [4.78, 5) is 32.5. The number of carbonyl (C=O) groups excluding carboxylic acids is 2. The van der Waals surface area contributed by atoms with Gasteiger partial charge in [-0.05, 0) is 37.8 Å². The first-order valence-corrected chi connectivity index (χ1v) is 9.79. The molecule has 1 aromatic rings. The molecule has 0 atom stereocenters. The summed E-state index contributed by atoms with van der Waals surface area (Å²) < 4.78 is 5.93. The van der Waals surface area contributed by atoms with Gasteiger partial charge < -0.3 is 14.5 Å². The van der Waals surface area contributed by atoms with Gasteiger partial charge in [-0.3, -0.25) is 14.6 Å². The summed E-state index contributed by atoms with van der Waals surface area (Å²) in [6.07, 6.45) is 7.90. The number of hydrogen-bond acceptors (Lipinski definition) is 4. The van der Waals surface area contributed by atoms with Crippen molar-refractivity contribution in [2.75, 3.05) is 26.2 Å². The molecule has 0 spiro atoms. The van der Waals surface area contributed by atoms with Crippen LogP contribution in [0.3, 0.4) is 0 Å². The molecule has 1 aromatic heterocycles. The Labute approximate surface area is 155 Å². The maximum absolute atomic E-state index is 12.5. The van der Waals surface area contributed by atoms with Gasteiger partial charge in [0, 0.05) is 45.2 Å². The monoisotopic (exact) mass is 359 g/mol. The second-order valence-electron chi connectivity index (χ2n) is 7.15. The third-order valence-corrected chi connectivity index (χ3v) is 5.25. The highest BCUT2D eigenvalue weighted by Gasteiger charge is 2.24. The molecule has 0 N–H and O–H groups in total. The molecular formula is C20H29N3O3. The summed E-state index contributed by atoms with van der Waals surface area (Å²) in [6, 6.07) is 5.82. The molecule has 0 unspecified atom stereocenters. The number of pyridine rings is 1. The lowest BCUT2D eigenvalue weighted by molar-refractivity contribution is -0.136. The summed E-state index contributed by atoms with van der Waals surface area (Å²) in [5.41, 5.74) is 0.938. The van der Waals surface area contributed by atoms with E-state index < -0.39 is 0 Å². The van der Waals surface area contributed by atoms with Gasteiger partial charge in [0.25, 0.3) is 0 Å². The Hall–Kier alpha value is -1.95. The van der Waals surface area contributed by atoms with E-state index in [4.69, 9.17) is 4.74 Å². The highest BCUT2D eigenvalue weighted by atomic mass is 16.5. The minimum absolute atomic E-state index is 0.158. The fourth-order valence-electron chi connectivity index (χ4n) is 3.62. The number of rotatable bonds is 6. The first-order valence-electron chi connectivity index (χ1n) is 9.79. The van der Waals surface area contributed by atoms with Crippen LogP contribution in [0.5, 0.6) is 0 Å². The Morgan fingerprint density at radius 3 is 2.77 bits per heavy atom. The molecule has 0 aliphatic carbocycles. The van der Waals surface area contributed by atoms with Crippen LogP contribution in [0.2, 0.25) is 0 Å². The van der Waals surface area contributed by atoms with E-state index in [0.717, 1.165) is 57.4 Å². The quantitative estimate of drug-likeness (QED) is 0.782. The molecule has 3 rings (SSSR count). The summed E-state index contributed by atoms with van der Waals surface area (Å²) >= 11 is 0. The number of hydrogen-bond donors (Lipinski definition) is 0. The Balaban J connectivity index is 1.36. The molecule has 2 amide bonds. The maximum Gasteiger partial charge on any atom is 0.224 e. The first kappa shape index (κ1) is 18.8. The molecule has 0 aromatic carbocycles. The standard InChI is InChI=1S/C20H29N3O3/c24-19-7-2-1-5-12-22(19)15-10-20(25)23-13-8-18(9-14-23)26-16-17-6-3-4-11-21-17/h3-4,6,11,18H,1-2,5,7-10,12-16H2. The minimum atomic E-state index is 0.158. The van der Waals surface area contributed by atoms with Crippen LogP contribution in [0.4, 0.5) is 0 Å². The Bertz CT molecular complexity index is 585. The van der Waals surface area contributed by atoms with Crippen molar-refractivity contribution in [2.24, 2.45) is 0 Å². The number of nitrogens with zero attached hydrogens (tertiary/aromatic N) is 3. The van der Waals surface area contributed by atoms with E-state index in [1.54, 1.807) is 6.20 Å². The highest BCUT2D eigenvalue weighted by Crippen LogP contribution is 2.17. The smallest absolute Gasteiger partial charge is 0.224 e. The molecule has 0 radical (unpaired) electrons. The van der Waals surface area contributed by atoms with E-state index >= 15 is 0 Å². The van der Waals surface area contributed by atoms with Crippen molar-refractivity contribution in [1.29, 1.82) is 0 Å². The van der Waals surface area contributed by atoms with Crippen LogP contribution in [-0.2, 0) is 20.9 Å². The van der Waals surface area contributed by atoms with Crippen LogP contribution < -0.4 is 0 Å². The lowest BCUT2D eigenvalue weighted by Gasteiger charge is -2.32. The third-order valence-electron chi connectivity index (χ3n) is 5.25. The normalized spacial score (nSPS) is 19.5. The van der Waals surface area contributed by atoms with E-state index in [0.29, 0.717) is 26.0 Å². The fraction of sp³-hybridized carbons (Fsp3) is 0.650. The van der Waals surface area contributed by atoms with Gasteiger partial charge >= 0.3 is 0 Å². The third kappa shape index (κ3) is 5.53. The van der Waals surface area contributed by atoms with E-state index in [9.17, 15) is 9.59 Å². The summed E-state index contributed by atoms with van der Waals surface area (Å²) in [5.74, 6) is 0.363. The van der Waals surface area contributed by atoms with Gasteiger partial charge in [0.15, 0.2) is 0 Å². The van der Waals surface area contributed by atoms with E-state index in [1.807, 2.05) is 28.0 Å². The molecule has 2 saturated heterocycles. The molecule has 2 aliphatic rings. The van der Waals surface area contributed by atoms with Gasteiger partial charge in [-0.25, -0.2) is 0 Å². The SMILES string of the molecule is O=C1CCCCCN1CCC(=O)N1CCC(OCc2ccccn2)CC1. The number of aromatic nitrogens is 1. The molecule has 6 nitrogen and oxygen atoms in total. The van der Waals surface area contributed by atoms with Crippen molar-refractivity contribution in [3.63, 3.8) is 0 Å². The van der Waals surface area contributed by atoms with Crippen molar-refractivity contribution in [3.8, 4) is 0 Å². The van der Waals surface area contributed by atoms with Crippen LogP contribution in [0, 0.1) is 0 Å². The van der Waals surface area contributed by atoms with Gasteiger partial charge in [0.2, 0.25) is 11.8 Å². The van der Waals surface area contributed by atoms with Crippen molar-refractivity contribution < 1.29 is 14.3 Å². The number of amides is 2. The van der Waals surface area contributed by atoms with Gasteiger partial charge in [-0.2, -0.15) is 0 Å². The minimum Gasteiger partial charge on any atom is -0.372 e. The van der Waals surface area contributed by atoms with Crippen LogP contribution in [-0.4, -0.2) is 58.9 Å². The summed E-state index contributed by atoms with van der Waals surface area (Å²) in [5, 5.41) is 0. The van der Waals surface area contributed by atoms with Gasteiger partial charge in [-0.15, -0.1) is 0 Å². The zero-order chi connectivity index (χ0) is 18.2. The van der Waals surface area contributed by atoms with Crippen LogP contribution >= 0.6 is 0 Å². The molecular weight excluding hydrogens is 330 g/mol. The molecule has 0 saturated carbocycles. The van der Waals surface area contributed by atoms with Gasteiger partial charge in [0.1, 0.15) is 0 Å². The second kappa shape index (κ2) is 9.67. The first-order chi connectivity index (χ1) is 12.7. The zero-order valence-electron chi connectivity index (χ0n) is 15.4. The lowest BCUT2D eigenvalue weighted by Crippen LogP contribution is -2.42. The number of likely N-dealkylation sites (tertiary alicyclic amines) is 2. The molecule has 2 fully saturated rings. The largest absolute Gasteiger partial charge is 0.372 e. The van der Waals surface area contributed by atoms with E-state index in [2.05, 4.69) is 4.98 Å². The molecule has 6 heteroatoms. The highest BCUT2D eigenvalue weighted by molar-refractivity contribution is 5.79. The average molecular weight is 359 g/mol. The Kier molecular flexibility index (Phi) is 7.00. The van der Waals surface area contributed by atoms with Gasteiger partial charge in [-0.1, -0.05) is 12.5 Å².